The average molecular weight is 310 g/mol. The van der Waals surface area contributed by atoms with Crippen LogP contribution in [0.2, 0.25) is 0 Å². The predicted octanol–water partition coefficient (Wildman–Crippen LogP) is 2.36. The van der Waals surface area contributed by atoms with Crippen LogP contribution >= 0.6 is 0 Å². The van der Waals surface area contributed by atoms with Gasteiger partial charge < -0.3 is 16.0 Å². The van der Waals surface area contributed by atoms with Crippen molar-refractivity contribution < 1.29 is 9.59 Å². The molecular formula is C18H20N3O2. The third kappa shape index (κ3) is 4.57. The van der Waals surface area contributed by atoms with E-state index >= 15 is 0 Å². The molecule has 0 aliphatic carbocycles. The normalized spacial score (nSPS) is 10.2. The fourth-order valence-corrected chi connectivity index (χ4v) is 1.99. The molecule has 0 aliphatic heterocycles. The van der Waals surface area contributed by atoms with E-state index in [0.29, 0.717) is 23.4 Å². The molecule has 23 heavy (non-hydrogen) atoms. The van der Waals surface area contributed by atoms with Gasteiger partial charge in [-0.05, 0) is 36.2 Å². The summed E-state index contributed by atoms with van der Waals surface area (Å²) in [5, 5.41) is 2.78. The summed E-state index contributed by atoms with van der Waals surface area (Å²) in [5.41, 5.74) is 8.43. The lowest BCUT2D eigenvalue weighted by Crippen LogP contribution is -2.22. The first-order valence-corrected chi connectivity index (χ1v) is 7.26. The Morgan fingerprint density at radius 3 is 2.35 bits per heavy atom. The minimum Gasteiger partial charge on any atom is -0.397 e. The topological polar surface area (TPSA) is 75.4 Å². The van der Waals surface area contributed by atoms with Crippen LogP contribution in [-0.2, 0) is 11.2 Å². The second kappa shape index (κ2) is 7.45. The first-order chi connectivity index (χ1) is 11.0. The molecule has 2 aromatic rings. The summed E-state index contributed by atoms with van der Waals surface area (Å²) in [5.74, 6) is -0.255. The van der Waals surface area contributed by atoms with Crippen LogP contribution in [-0.4, -0.2) is 30.8 Å². The molecule has 0 atom stereocenters. The van der Waals surface area contributed by atoms with Gasteiger partial charge in [-0.3, -0.25) is 9.59 Å². The maximum atomic E-state index is 12.2. The molecule has 2 rings (SSSR count). The number of hydrogen-bond donors (Lipinski definition) is 2. The second-order valence-electron chi connectivity index (χ2n) is 5.38. The van der Waals surface area contributed by atoms with Gasteiger partial charge in [0.25, 0.3) is 5.91 Å². The van der Waals surface area contributed by atoms with Crippen molar-refractivity contribution in [2.24, 2.45) is 0 Å². The van der Waals surface area contributed by atoms with Gasteiger partial charge in [0.2, 0.25) is 5.91 Å². The van der Waals surface area contributed by atoms with E-state index in [-0.39, 0.29) is 11.8 Å². The fourth-order valence-electron chi connectivity index (χ4n) is 1.99. The van der Waals surface area contributed by atoms with E-state index in [1.165, 1.54) is 4.90 Å². The highest BCUT2D eigenvalue weighted by Gasteiger charge is 2.09. The van der Waals surface area contributed by atoms with Crippen LogP contribution in [0.5, 0.6) is 0 Å². The van der Waals surface area contributed by atoms with Crippen LogP contribution < -0.4 is 11.1 Å². The number of carbonyl (C=O) groups is 2. The molecule has 0 bridgehead atoms. The van der Waals surface area contributed by atoms with Gasteiger partial charge in [0.1, 0.15) is 0 Å². The van der Waals surface area contributed by atoms with Crippen LogP contribution in [0.3, 0.4) is 0 Å². The number of nitrogen functional groups attached to an aromatic ring is 1. The number of hydrogen-bond acceptors (Lipinski definition) is 3. The summed E-state index contributed by atoms with van der Waals surface area (Å²) in [7, 11) is 3.42. The summed E-state index contributed by atoms with van der Waals surface area (Å²) in [6.07, 6.45) is 2.14. The Morgan fingerprint density at radius 1 is 1.09 bits per heavy atom. The number of para-hydroxylation sites is 2. The molecule has 0 unspecified atom stereocenters. The molecule has 119 valence electrons. The maximum absolute atomic E-state index is 12.2. The molecule has 2 aromatic carbocycles. The average Bonchev–Trinajstić information content (AvgIpc) is 2.55. The summed E-state index contributed by atoms with van der Waals surface area (Å²) in [6.45, 7) is 0. The molecule has 5 nitrogen and oxygen atoms in total. The molecule has 2 amide bonds. The molecule has 0 saturated heterocycles. The summed E-state index contributed by atoms with van der Waals surface area (Å²) < 4.78 is 0. The lowest BCUT2D eigenvalue weighted by Gasteiger charge is -2.10. The zero-order valence-electron chi connectivity index (χ0n) is 13.2. The lowest BCUT2D eigenvalue weighted by molar-refractivity contribution is -0.125. The number of nitrogens with zero attached hydrogens (tertiary/aromatic N) is 1. The predicted molar refractivity (Wildman–Crippen MR) is 91.9 cm³/mol. The quantitative estimate of drug-likeness (QED) is 0.832. The van der Waals surface area contributed by atoms with Gasteiger partial charge in [0.05, 0.1) is 17.8 Å². The zero-order valence-corrected chi connectivity index (χ0v) is 13.2. The van der Waals surface area contributed by atoms with Gasteiger partial charge in [-0.25, -0.2) is 0 Å². The van der Waals surface area contributed by atoms with E-state index in [0.717, 1.165) is 5.56 Å². The molecule has 0 spiro atoms. The van der Waals surface area contributed by atoms with E-state index in [4.69, 9.17) is 5.73 Å². The van der Waals surface area contributed by atoms with Gasteiger partial charge in [-0.2, -0.15) is 0 Å². The Balaban J connectivity index is 1.98. The van der Waals surface area contributed by atoms with Gasteiger partial charge in [-0.15, -0.1) is 0 Å². The number of rotatable bonds is 5. The van der Waals surface area contributed by atoms with Crippen LogP contribution in [0.25, 0.3) is 0 Å². The number of benzene rings is 2. The molecule has 5 heteroatoms. The highest BCUT2D eigenvalue weighted by molar-refractivity contribution is 6.05. The summed E-state index contributed by atoms with van der Waals surface area (Å²) in [4.78, 5) is 25.2. The monoisotopic (exact) mass is 310 g/mol. The van der Waals surface area contributed by atoms with Gasteiger partial charge in [0.15, 0.2) is 0 Å². The zero-order chi connectivity index (χ0) is 16.8. The van der Waals surface area contributed by atoms with Crippen LogP contribution in [0.15, 0.2) is 48.5 Å². The first-order valence-electron chi connectivity index (χ1n) is 7.26. The first kappa shape index (κ1) is 16.5. The van der Waals surface area contributed by atoms with Crippen molar-refractivity contribution in [3.05, 3.63) is 66.1 Å². The maximum Gasteiger partial charge on any atom is 0.255 e. The van der Waals surface area contributed by atoms with Crippen molar-refractivity contribution in [2.75, 3.05) is 25.1 Å². The molecule has 0 aromatic heterocycles. The lowest BCUT2D eigenvalue weighted by atomic mass is 10.1. The number of nitrogens with two attached hydrogens (primary N) is 1. The van der Waals surface area contributed by atoms with Gasteiger partial charge in [-0.1, -0.05) is 24.3 Å². The van der Waals surface area contributed by atoms with E-state index in [2.05, 4.69) is 5.32 Å². The molecule has 0 fully saturated rings. The van der Waals surface area contributed by atoms with Crippen LogP contribution in [0, 0.1) is 6.42 Å². The van der Waals surface area contributed by atoms with Crippen molar-refractivity contribution in [2.45, 2.75) is 6.42 Å². The number of carbonyl (C=O) groups excluding carboxylic acids is 2. The largest absolute Gasteiger partial charge is 0.397 e. The van der Waals surface area contributed by atoms with E-state index in [1.807, 2.05) is 24.3 Å². The van der Waals surface area contributed by atoms with Crippen molar-refractivity contribution in [1.82, 2.24) is 4.90 Å². The fraction of sp³-hybridized carbons (Fsp3) is 0.167. The number of anilines is 2. The Morgan fingerprint density at radius 2 is 1.74 bits per heavy atom. The second-order valence-corrected chi connectivity index (χ2v) is 5.38. The minimum atomic E-state index is -0.220. The molecule has 3 N–H and O–H groups in total. The number of amides is 2. The summed E-state index contributed by atoms with van der Waals surface area (Å²) >= 11 is 0. The van der Waals surface area contributed by atoms with Crippen molar-refractivity contribution in [1.29, 1.82) is 0 Å². The van der Waals surface area contributed by atoms with E-state index in [1.54, 1.807) is 44.8 Å². The molecule has 1 radical (unpaired) electrons. The minimum absolute atomic E-state index is 0.0358. The van der Waals surface area contributed by atoms with Gasteiger partial charge >= 0.3 is 0 Å². The Bertz CT molecular complexity index is 694. The molecule has 0 heterocycles. The standard InChI is InChI=1S/C18H20N3O2/c1-21(2)17(22)12-9-13-7-10-14(11-8-13)18(23)20-16-6-4-3-5-15(16)19/h3-8,10-12H,9,19H2,1-2H3,(H,20,23). The SMILES string of the molecule is CN(C)C(=O)[CH]Cc1ccc(C(=O)Nc2ccccc2N)cc1. The van der Waals surface area contributed by atoms with Crippen molar-refractivity contribution in [3.63, 3.8) is 0 Å². The summed E-state index contributed by atoms with van der Waals surface area (Å²) in [6, 6.07) is 14.2. The molecular weight excluding hydrogens is 290 g/mol. The third-order valence-electron chi connectivity index (χ3n) is 3.38. The highest BCUT2D eigenvalue weighted by Crippen LogP contribution is 2.18. The van der Waals surface area contributed by atoms with Crippen LogP contribution in [0.1, 0.15) is 15.9 Å². The van der Waals surface area contributed by atoms with E-state index in [9.17, 15) is 9.59 Å². The van der Waals surface area contributed by atoms with Crippen molar-refractivity contribution >= 4 is 23.2 Å². The Kier molecular flexibility index (Phi) is 5.36. The number of nitrogens with one attached hydrogen (secondary N) is 1. The van der Waals surface area contributed by atoms with E-state index < -0.39 is 0 Å². The smallest absolute Gasteiger partial charge is 0.255 e. The molecule has 0 saturated carbocycles. The Hall–Kier alpha value is -2.82. The van der Waals surface area contributed by atoms with Crippen LogP contribution in [0.4, 0.5) is 11.4 Å². The third-order valence-corrected chi connectivity index (χ3v) is 3.38. The molecule has 0 aliphatic rings. The van der Waals surface area contributed by atoms with Gasteiger partial charge in [0, 0.05) is 19.7 Å². The highest BCUT2D eigenvalue weighted by atomic mass is 16.2. The van der Waals surface area contributed by atoms with Crippen molar-refractivity contribution in [3.8, 4) is 0 Å². The Labute approximate surface area is 136 Å².